The summed E-state index contributed by atoms with van der Waals surface area (Å²) in [5, 5.41) is 6.82. The molecule has 5 aliphatic heterocycles. The molecule has 0 aliphatic carbocycles. The molecule has 0 aromatic heterocycles. The normalized spacial score (nSPS) is 28.1. The number of piperidine rings is 1. The van der Waals surface area contributed by atoms with Crippen LogP contribution in [0.5, 0.6) is 5.75 Å². The second-order valence-electron chi connectivity index (χ2n) is 9.98. The second kappa shape index (κ2) is 8.91. The number of rotatable bonds is 2. The number of hydrazone groups is 1. The fraction of sp³-hybridized carbons (Fsp3) is 0.560. The first-order valence-corrected chi connectivity index (χ1v) is 12.4. The van der Waals surface area contributed by atoms with Gasteiger partial charge in [0.25, 0.3) is 5.91 Å². The standard InChI is InChI=1S/C25H31FN6O3/c1-15-11-32-22(28-24(15)30-7-5-18(27)12-30)10-20(29-32)21-4-2-3-6-31(21)25(33)19-9-17(26)8-16-13-34-14-35-23(16)19/h8-9,11,18,21-22H,2-7,10,12-14,27H2,1H3/t18-,21-,22?/m0/s1. The van der Waals surface area contributed by atoms with E-state index >= 15 is 0 Å². The van der Waals surface area contributed by atoms with Crippen molar-refractivity contribution in [3.63, 3.8) is 0 Å². The first kappa shape index (κ1) is 22.5. The van der Waals surface area contributed by atoms with Gasteiger partial charge in [0.2, 0.25) is 0 Å². The average Bonchev–Trinajstić information content (AvgIpc) is 3.48. The largest absolute Gasteiger partial charge is 0.466 e. The van der Waals surface area contributed by atoms with Crippen molar-refractivity contribution in [3.8, 4) is 5.75 Å². The quantitative estimate of drug-likeness (QED) is 0.696. The molecule has 0 spiro atoms. The lowest BCUT2D eigenvalue weighted by Crippen LogP contribution is -2.48. The Morgan fingerprint density at radius 2 is 2.11 bits per heavy atom. The van der Waals surface area contributed by atoms with Gasteiger partial charge in [0.1, 0.15) is 23.6 Å². The van der Waals surface area contributed by atoms with Gasteiger partial charge in [-0.1, -0.05) is 0 Å². The molecule has 0 radical (unpaired) electrons. The van der Waals surface area contributed by atoms with Crippen LogP contribution in [0.4, 0.5) is 4.39 Å². The Morgan fingerprint density at radius 3 is 2.94 bits per heavy atom. The molecule has 1 aromatic rings. The molecule has 10 heteroatoms. The molecule has 5 aliphatic rings. The smallest absolute Gasteiger partial charge is 0.258 e. The van der Waals surface area contributed by atoms with Crippen LogP contribution in [0.2, 0.25) is 0 Å². The van der Waals surface area contributed by atoms with Crippen LogP contribution in [0.25, 0.3) is 0 Å². The minimum Gasteiger partial charge on any atom is -0.466 e. The number of nitrogens with two attached hydrogens (primary N) is 1. The third kappa shape index (κ3) is 4.08. The molecule has 35 heavy (non-hydrogen) atoms. The van der Waals surface area contributed by atoms with Crippen LogP contribution >= 0.6 is 0 Å². The van der Waals surface area contributed by atoms with Crippen molar-refractivity contribution in [3.05, 3.63) is 40.8 Å². The summed E-state index contributed by atoms with van der Waals surface area (Å²) in [5.41, 5.74) is 8.96. The van der Waals surface area contributed by atoms with Gasteiger partial charge in [-0.15, -0.1) is 0 Å². The Kier molecular flexibility index (Phi) is 5.72. The lowest BCUT2D eigenvalue weighted by Gasteiger charge is -2.36. The van der Waals surface area contributed by atoms with Gasteiger partial charge in [0.15, 0.2) is 6.79 Å². The van der Waals surface area contributed by atoms with Crippen molar-refractivity contribution < 1.29 is 18.7 Å². The first-order chi connectivity index (χ1) is 17.0. The number of ether oxygens (including phenoxy) is 2. The van der Waals surface area contributed by atoms with Crippen LogP contribution in [0, 0.1) is 5.82 Å². The molecule has 2 N–H and O–H groups in total. The Bertz CT molecular complexity index is 1130. The molecular formula is C25H31FN6O3. The van der Waals surface area contributed by atoms with Crippen molar-refractivity contribution in [1.82, 2.24) is 14.8 Å². The summed E-state index contributed by atoms with van der Waals surface area (Å²) in [5.74, 6) is 0.739. The van der Waals surface area contributed by atoms with Gasteiger partial charge in [0.05, 0.1) is 23.9 Å². The number of hydrogen-bond acceptors (Lipinski definition) is 8. The molecule has 1 aromatic carbocycles. The summed E-state index contributed by atoms with van der Waals surface area (Å²) in [4.78, 5) is 22.9. The predicted molar refractivity (Wildman–Crippen MR) is 128 cm³/mol. The number of carbonyl (C=O) groups is 1. The number of nitrogens with zero attached hydrogens (tertiary/aromatic N) is 5. The first-order valence-electron chi connectivity index (χ1n) is 12.4. The monoisotopic (exact) mass is 482 g/mol. The Balaban J connectivity index is 1.25. The summed E-state index contributed by atoms with van der Waals surface area (Å²) < 4.78 is 25.3. The molecule has 5 heterocycles. The third-order valence-corrected chi connectivity index (χ3v) is 7.47. The van der Waals surface area contributed by atoms with Crippen LogP contribution in [-0.4, -0.2) is 76.9 Å². The number of halogens is 1. The Hall–Kier alpha value is -2.98. The zero-order chi connectivity index (χ0) is 24.1. The predicted octanol–water partition coefficient (Wildman–Crippen LogP) is 2.42. The maximum absolute atomic E-state index is 14.4. The third-order valence-electron chi connectivity index (χ3n) is 7.47. The van der Waals surface area contributed by atoms with Crippen molar-refractivity contribution >= 4 is 17.5 Å². The van der Waals surface area contributed by atoms with E-state index in [-0.39, 0.29) is 43.1 Å². The van der Waals surface area contributed by atoms with E-state index in [1.54, 1.807) is 0 Å². The summed E-state index contributed by atoms with van der Waals surface area (Å²) in [6.45, 7) is 4.68. The summed E-state index contributed by atoms with van der Waals surface area (Å²) in [6, 6.07) is 2.69. The molecule has 0 bridgehead atoms. The van der Waals surface area contributed by atoms with E-state index < -0.39 is 5.82 Å². The number of likely N-dealkylation sites (tertiary alicyclic amines) is 2. The summed E-state index contributed by atoms with van der Waals surface area (Å²) >= 11 is 0. The highest BCUT2D eigenvalue weighted by Gasteiger charge is 2.39. The van der Waals surface area contributed by atoms with E-state index in [1.165, 1.54) is 12.1 Å². The topological polar surface area (TPSA) is 96.0 Å². The fourth-order valence-electron chi connectivity index (χ4n) is 5.78. The van der Waals surface area contributed by atoms with E-state index in [0.29, 0.717) is 24.3 Å². The number of aliphatic imine (C=N–C) groups is 1. The SMILES string of the molecule is CC1=CN2N=C([C@@H]3CCCCN3C(=O)c3cc(F)cc4c3OCOC4)CC2N=C1N1CC[C@H](N)C1. The van der Waals surface area contributed by atoms with Crippen LogP contribution in [0.1, 0.15) is 54.9 Å². The highest BCUT2D eigenvalue weighted by molar-refractivity contribution is 6.03. The van der Waals surface area contributed by atoms with Gasteiger partial charge in [-0.25, -0.2) is 14.4 Å². The summed E-state index contributed by atoms with van der Waals surface area (Å²) in [7, 11) is 0. The van der Waals surface area contributed by atoms with E-state index in [9.17, 15) is 9.18 Å². The number of hydrogen-bond donors (Lipinski definition) is 1. The molecule has 0 saturated carbocycles. The van der Waals surface area contributed by atoms with Gasteiger partial charge in [-0.2, -0.15) is 5.10 Å². The van der Waals surface area contributed by atoms with E-state index in [1.807, 2.05) is 9.91 Å². The summed E-state index contributed by atoms with van der Waals surface area (Å²) in [6.07, 6.45) is 6.32. The number of benzene rings is 1. The maximum atomic E-state index is 14.4. The highest BCUT2D eigenvalue weighted by Crippen LogP contribution is 2.34. The van der Waals surface area contributed by atoms with Crippen molar-refractivity contribution in [2.45, 2.75) is 63.9 Å². The molecule has 1 amide bonds. The highest BCUT2D eigenvalue weighted by atomic mass is 19.1. The minimum absolute atomic E-state index is 0.0552. The molecule has 186 valence electrons. The van der Waals surface area contributed by atoms with E-state index in [4.69, 9.17) is 25.3 Å². The number of amidine groups is 1. The molecule has 3 atom stereocenters. The molecule has 2 saturated heterocycles. The van der Waals surface area contributed by atoms with Crippen LogP contribution in [-0.2, 0) is 11.3 Å². The van der Waals surface area contributed by atoms with Gasteiger partial charge in [0, 0.05) is 49.4 Å². The number of carbonyl (C=O) groups excluding carboxylic acids is 1. The Labute approximate surface area is 204 Å². The van der Waals surface area contributed by atoms with Gasteiger partial charge in [-0.3, -0.25) is 4.79 Å². The Morgan fingerprint density at radius 1 is 1.23 bits per heavy atom. The van der Waals surface area contributed by atoms with E-state index in [2.05, 4.69) is 18.0 Å². The maximum Gasteiger partial charge on any atom is 0.258 e. The van der Waals surface area contributed by atoms with Crippen LogP contribution in [0.15, 0.2) is 34.0 Å². The lowest BCUT2D eigenvalue weighted by molar-refractivity contribution is -0.0173. The number of fused-ring (bicyclic) bond motifs is 2. The van der Waals surface area contributed by atoms with Crippen LogP contribution in [0.3, 0.4) is 0 Å². The van der Waals surface area contributed by atoms with E-state index in [0.717, 1.165) is 55.9 Å². The van der Waals surface area contributed by atoms with Crippen molar-refractivity contribution in [2.24, 2.45) is 15.8 Å². The minimum atomic E-state index is -0.464. The molecular weight excluding hydrogens is 451 g/mol. The van der Waals surface area contributed by atoms with Crippen molar-refractivity contribution in [1.29, 1.82) is 0 Å². The van der Waals surface area contributed by atoms with Gasteiger partial charge in [-0.05, 0) is 44.7 Å². The molecule has 1 unspecified atom stereocenters. The zero-order valence-corrected chi connectivity index (χ0v) is 20.0. The second-order valence-corrected chi connectivity index (χ2v) is 9.98. The molecule has 2 fully saturated rings. The van der Waals surface area contributed by atoms with Gasteiger partial charge >= 0.3 is 0 Å². The fourth-order valence-corrected chi connectivity index (χ4v) is 5.78. The molecule has 9 nitrogen and oxygen atoms in total. The average molecular weight is 483 g/mol. The number of amides is 1. The lowest BCUT2D eigenvalue weighted by atomic mass is 9.94. The van der Waals surface area contributed by atoms with Gasteiger partial charge < -0.3 is 25.0 Å². The van der Waals surface area contributed by atoms with Crippen LogP contribution < -0.4 is 10.5 Å². The van der Waals surface area contributed by atoms with Crippen molar-refractivity contribution in [2.75, 3.05) is 26.4 Å². The molecule has 6 rings (SSSR count). The zero-order valence-electron chi connectivity index (χ0n) is 20.0.